The van der Waals surface area contributed by atoms with Gasteiger partial charge >= 0.3 is 0 Å². The number of rotatable bonds is 6. The first-order valence-electron chi connectivity index (χ1n) is 6.53. The fourth-order valence-electron chi connectivity index (χ4n) is 1.71. The van der Waals surface area contributed by atoms with Crippen molar-refractivity contribution < 1.29 is 4.79 Å². The Balaban J connectivity index is 2.47. The average Bonchev–Trinajstić information content (AvgIpc) is 2.37. The van der Waals surface area contributed by atoms with Gasteiger partial charge in [0.15, 0.2) is 0 Å². The molecule has 1 amide bonds. The first-order chi connectivity index (χ1) is 8.48. The molecule has 0 fully saturated rings. The van der Waals surface area contributed by atoms with Gasteiger partial charge in [-0.3, -0.25) is 4.79 Å². The van der Waals surface area contributed by atoms with Crippen LogP contribution in [-0.2, 0) is 11.2 Å². The van der Waals surface area contributed by atoms with Gasteiger partial charge in [-0.25, -0.2) is 0 Å². The number of carbonyl (C=O) groups is 1. The summed E-state index contributed by atoms with van der Waals surface area (Å²) in [6, 6.07) is 10.0. The Labute approximate surface area is 110 Å². The quantitative estimate of drug-likeness (QED) is 0.810. The minimum atomic E-state index is -0.312. The Hall–Kier alpha value is -1.35. The zero-order chi connectivity index (χ0) is 13.6. The number of hydrogen-bond acceptors (Lipinski definition) is 2. The van der Waals surface area contributed by atoms with Gasteiger partial charge in [0.2, 0.25) is 5.91 Å². The van der Waals surface area contributed by atoms with Crippen LogP contribution in [0.3, 0.4) is 0 Å². The molecule has 1 atom stereocenters. The summed E-state index contributed by atoms with van der Waals surface area (Å²) in [5.74, 6) is 0.392. The van der Waals surface area contributed by atoms with Crippen molar-refractivity contribution in [3.63, 3.8) is 0 Å². The van der Waals surface area contributed by atoms with Crippen LogP contribution in [0.2, 0.25) is 0 Å². The summed E-state index contributed by atoms with van der Waals surface area (Å²) in [7, 11) is 0. The molecule has 3 N–H and O–H groups in total. The third kappa shape index (κ3) is 4.15. The van der Waals surface area contributed by atoms with Crippen LogP contribution in [0.5, 0.6) is 0 Å². The normalized spacial score (nSPS) is 14.3. The van der Waals surface area contributed by atoms with E-state index < -0.39 is 0 Å². The second-order valence-electron chi connectivity index (χ2n) is 5.31. The SMILES string of the molecule is CC(C)C(C)(CN)NC(=O)CCc1ccccc1. The summed E-state index contributed by atoms with van der Waals surface area (Å²) in [5, 5.41) is 3.05. The number of hydrogen-bond donors (Lipinski definition) is 2. The molecule has 100 valence electrons. The van der Waals surface area contributed by atoms with Crippen LogP contribution in [0.4, 0.5) is 0 Å². The molecule has 18 heavy (non-hydrogen) atoms. The van der Waals surface area contributed by atoms with Crippen molar-refractivity contribution in [2.24, 2.45) is 11.7 Å². The first kappa shape index (κ1) is 14.7. The highest BCUT2D eigenvalue weighted by Crippen LogP contribution is 2.15. The molecule has 0 saturated heterocycles. The molecule has 0 bridgehead atoms. The predicted molar refractivity (Wildman–Crippen MR) is 75.2 cm³/mol. The number of benzene rings is 1. The van der Waals surface area contributed by atoms with Crippen LogP contribution in [-0.4, -0.2) is 18.0 Å². The standard InChI is InChI=1S/C15H24N2O/c1-12(2)15(3,11-16)17-14(18)10-9-13-7-5-4-6-8-13/h4-8,12H,9-11,16H2,1-3H3,(H,17,18). The summed E-state index contributed by atoms with van der Waals surface area (Å²) >= 11 is 0. The van der Waals surface area contributed by atoms with Gasteiger partial charge in [0.05, 0.1) is 5.54 Å². The highest BCUT2D eigenvalue weighted by Gasteiger charge is 2.28. The predicted octanol–water partition coefficient (Wildman–Crippen LogP) is 2.11. The van der Waals surface area contributed by atoms with Crippen LogP contribution in [0, 0.1) is 5.92 Å². The van der Waals surface area contributed by atoms with E-state index >= 15 is 0 Å². The first-order valence-corrected chi connectivity index (χ1v) is 6.53. The monoisotopic (exact) mass is 248 g/mol. The lowest BCUT2D eigenvalue weighted by molar-refractivity contribution is -0.123. The number of carbonyl (C=O) groups excluding carboxylic acids is 1. The molecule has 0 heterocycles. The minimum absolute atomic E-state index is 0.0699. The number of amides is 1. The van der Waals surface area contributed by atoms with Crippen LogP contribution >= 0.6 is 0 Å². The van der Waals surface area contributed by atoms with E-state index in [-0.39, 0.29) is 11.4 Å². The van der Waals surface area contributed by atoms with E-state index in [0.29, 0.717) is 18.9 Å². The molecule has 0 saturated carbocycles. The molecule has 3 heteroatoms. The van der Waals surface area contributed by atoms with Crippen molar-refractivity contribution >= 4 is 5.91 Å². The van der Waals surface area contributed by atoms with Gasteiger partial charge in [-0.15, -0.1) is 0 Å². The Morgan fingerprint density at radius 3 is 2.44 bits per heavy atom. The lowest BCUT2D eigenvalue weighted by Crippen LogP contribution is -2.55. The Morgan fingerprint density at radius 1 is 1.33 bits per heavy atom. The van der Waals surface area contributed by atoms with E-state index in [0.717, 1.165) is 6.42 Å². The van der Waals surface area contributed by atoms with Crippen molar-refractivity contribution in [1.82, 2.24) is 5.32 Å². The Bertz CT molecular complexity index is 375. The largest absolute Gasteiger partial charge is 0.349 e. The molecule has 0 spiro atoms. The second-order valence-corrected chi connectivity index (χ2v) is 5.31. The molecular weight excluding hydrogens is 224 g/mol. The Morgan fingerprint density at radius 2 is 1.94 bits per heavy atom. The Kier molecular flexibility index (Phi) is 5.35. The minimum Gasteiger partial charge on any atom is -0.349 e. The van der Waals surface area contributed by atoms with Crippen LogP contribution < -0.4 is 11.1 Å². The molecule has 0 aromatic heterocycles. The molecule has 3 nitrogen and oxygen atoms in total. The maximum Gasteiger partial charge on any atom is 0.220 e. The summed E-state index contributed by atoms with van der Waals surface area (Å²) < 4.78 is 0. The zero-order valence-electron chi connectivity index (χ0n) is 11.6. The smallest absolute Gasteiger partial charge is 0.220 e. The summed E-state index contributed by atoms with van der Waals surface area (Å²) in [5.41, 5.74) is 6.62. The maximum absolute atomic E-state index is 11.9. The highest BCUT2D eigenvalue weighted by atomic mass is 16.1. The summed E-state index contributed by atoms with van der Waals surface area (Å²) in [6.45, 7) is 6.61. The van der Waals surface area contributed by atoms with Crippen molar-refractivity contribution in [3.05, 3.63) is 35.9 Å². The fraction of sp³-hybridized carbons (Fsp3) is 0.533. The van der Waals surface area contributed by atoms with E-state index in [1.54, 1.807) is 0 Å². The molecule has 1 unspecified atom stereocenters. The van der Waals surface area contributed by atoms with Crippen LogP contribution in [0.1, 0.15) is 32.8 Å². The van der Waals surface area contributed by atoms with Gasteiger partial charge in [0, 0.05) is 13.0 Å². The van der Waals surface area contributed by atoms with Crippen molar-refractivity contribution in [1.29, 1.82) is 0 Å². The molecule has 1 aromatic rings. The van der Waals surface area contributed by atoms with Crippen molar-refractivity contribution in [3.8, 4) is 0 Å². The molecule has 0 aliphatic carbocycles. The van der Waals surface area contributed by atoms with Gasteiger partial charge in [0.25, 0.3) is 0 Å². The highest BCUT2D eigenvalue weighted by molar-refractivity contribution is 5.77. The third-order valence-electron chi connectivity index (χ3n) is 3.61. The van der Waals surface area contributed by atoms with Crippen LogP contribution in [0.15, 0.2) is 30.3 Å². The summed E-state index contributed by atoms with van der Waals surface area (Å²) in [6.07, 6.45) is 1.28. The lowest BCUT2D eigenvalue weighted by atomic mass is 9.88. The zero-order valence-corrected chi connectivity index (χ0v) is 11.6. The second kappa shape index (κ2) is 6.55. The van der Waals surface area contributed by atoms with E-state index in [4.69, 9.17) is 5.73 Å². The molecule has 0 radical (unpaired) electrons. The summed E-state index contributed by atoms with van der Waals surface area (Å²) in [4.78, 5) is 11.9. The number of nitrogens with one attached hydrogen (secondary N) is 1. The molecule has 1 aromatic carbocycles. The van der Waals surface area contributed by atoms with E-state index in [1.165, 1.54) is 5.56 Å². The van der Waals surface area contributed by atoms with Gasteiger partial charge < -0.3 is 11.1 Å². The average molecular weight is 248 g/mol. The fourth-order valence-corrected chi connectivity index (χ4v) is 1.71. The van der Waals surface area contributed by atoms with Gasteiger partial charge in [-0.05, 0) is 24.8 Å². The van der Waals surface area contributed by atoms with Crippen LogP contribution in [0.25, 0.3) is 0 Å². The maximum atomic E-state index is 11.9. The topological polar surface area (TPSA) is 55.1 Å². The molecule has 0 aliphatic rings. The number of nitrogens with two attached hydrogens (primary N) is 1. The molecule has 1 rings (SSSR count). The molecular formula is C15H24N2O. The van der Waals surface area contributed by atoms with E-state index in [2.05, 4.69) is 19.2 Å². The van der Waals surface area contributed by atoms with Gasteiger partial charge in [-0.1, -0.05) is 44.2 Å². The van der Waals surface area contributed by atoms with E-state index in [1.807, 2.05) is 37.3 Å². The number of aryl methyl sites for hydroxylation is 1. The lowest BCUT2D eigenvalue weighted by Gasteiger charge is -2.33. The van der Waals surface area contributed by atoms with Gasteiger partial charge in [-0.2, -0.15) is 0 Å². The van der Waals surface area contributed by atoms with Crippen molar-refractivity contribution in [2.45, 2.75) is 39.2 Å². The van der Waals surface area contributed by atoms with Crippen molar-refractivity contribution in [2.75, 3.05) is 6.54 Å². The van der Waals surface area contributed by atoms with Gasteiger partial charge in [0.1, 0.15) is 0 Å². The van der Waals surface area contributed by atoms with E-state index in [9.17, 15) is 4.79 Å². The third-order valence-corrected chi connectivity index (χ3v) is 3.61. The molecule has 0 aliphatic heterocycles.